The number of ether oxygens (including phenoxy) is 1. The minimum Gasteiger partial charge on any atom is -0.778 e. The number of phosphoric acid groups is 2. The molecule has 1 rings (SSSR count). The summed E-state index contributed by atoms with van der Waals surface area (Å²) in [4.78, 5) is 46.9. The normalized spacial score (nSPS) is 28.5. The van der Waals surface area contributed by atoms with Gasteiger partial charge in [-0.05, 0) is 32.9 Å². The number of unbranched alkanes of at least 4 members (excludes halogenated alkanes) is 3. The molecule has 1 saturated heterocycles. The van der Waals surface area contributed by atoms with Crippen molar-refractivity contribution < 1.29 is 65.3 Å². The van der Waals surface area contributed by atoms with Gasteiger partial charge in [-0.1, -0.05) is 12.8 Å². The van der Waals surface area contributed by atoms with Gasteiger partial charge in [-0.25, -0.2) is 4.31 Å². The Kier molecular flexibility index (Phi) is 13.1. The van der Waals surface area contributed by atoms with Crippen molar-refractivity contribution in [1.29, 1.82) is 0 Å². The molecular formula is C13H26BNO14P4-4. The smallest absolute Gasteiger partial charge is 0.279 e. The Labute approximate surface area is 192 Å². The molecule has 15 nitrogen and oxygen atoms in total. The molecule has 20 heteroatoms. The number of hydrogen-bond acceptors (Lipinski definition) is 15. The third-order valence-corrected chi connectivity index (χ3v) is 11.2. The Morgan fingerprint density at radius 2 is 1.61 bits per heavy atom. The zero-order chi connectivity index (χ0) is 25.3. The highest BCUT2D eigenvalue weighted by Gasteiger charge is 2.33. The Bertz CT molecular complexity index is 801. The fourth-order valence-electron chi connectivity index (χ4n) is 2.63. The third kappa shape index (κ3) is 14.0. The van der Waals surface area contributed by atoms with Crippen LogP contribution < -0.4 is 24.9 Å². The van der Waals surface area contributed by atoms with Crippen molar-refractivity contribution in [3.8, 4) is 0 Å². The first kappa shape index (κ1) is 31.6. The number of nitrogens with one attached hydrogen (secondary N) is 1. The van der Waals surface area contributed by atoms with E-state index >= 15 is 0 Å². The molecule has 7 atom stereocenters. The first-order chi connectivity index (χ1) is 15.1. The fraction of sp³-hybridized carbons (Fsp3) is 1.00. The standard InChI is InChI=1S/C13H30BNO14P4/c1-15-6-4-2-3-5-7-25-30(17,18)10-31(19,20)28-33(23,24)29-32(21,22)26-9-12-11(16)8-13(14)27-12/h11-13,15-16H,2-10H2,1H3,(H,17,18)(H,19,20)(H,21,22)(H,23,24)/p-4/t11?,12-,13-/m1/s1. The molecule has 1 aliphatic rings. The lowest BCUT2D eigenvalue weighted by Crippen LogP contribution is -2.27. The maximum absolute atomic E-state index is 11.8. The van der Waals surface area contributed by atoms with E-state index in [9.17, 15) is 42.9 Å². The zero-order valence-corrected chi connectivity index (χ0v) is 21.3. The topological polar surface area (TPSA) is 239 Å². The van der Waals surface area contributed by atoms with E-state index in [4.69, 9.17) is 12.6 Å². The van der Waals surface area contributed by atoms with E-state index in [-0.39, 0.29) is 13.0 Å². The van der Waals surface area contributed by atoms with Gasteiger partial charge >= 0.3 is 0 Å². The average molecular weight is 555 g/mol. The highest BCUT2D eigenvalue weighted by molar-refractivity contribution is 7.73. The minimum absolute atomic E-state index is 0.0335. The van der Waals surface area contributed by atoms with Gasteiger partial charge in [0.1, 0.15) is 21.5 Å². The molecule has 2 radical (unpaired) electrons. The van der Waals surface area contributed by atoms with Crippen LogP contribution in [0.1, 0.15) is 32.1 Å². The minimum atomic E-state index is -6.13. The molecule has 0 bridgehead atoms. The molecule has 0 aliphatic carbocycles. The van der Waals surface area contributed by atoms with Crippen molar-refractivity contribution >= 4 is 38.7 Å². The predicted molar refractivity (Wildman–Crippen MR) is 107 cm³/mol. The summed E-state index contributed by atoms with van der Waals surface area (Å²) in [6.45, 7) is -0.432. The third-order valence-electron chi connectivity index (χ3n) is 4.03. The van der Waals surface area contributed by atoms with Crippen LogP contribution in [-0.2, 0) is 40.7 Å². The maximum atomic E-state index is 11.8. The van der Waals surface area contributed by atoms with Crippen molar-refractivity contribution in [3.63, 3.8) is 0 Å². The molecule has 0 aromatic heterocycles. The van der Waals surface area contributed by atoms with Crippen LogP contribution in [0.4, 0.5) is 0 Å². The summed E-state index contributed by atoms with van der Waals surface area (Å²) in [7, 11) is -15.5. The van der Waals surface area contributed by atoms with Gasteiger partial charge in [-0.3, -0.25) is 13.4 Å². The molecule has 0 aromatic rings. The van der Waals surface area contributed by atoms with E-state index in [2.05, 4.69) is 23.0 Å². The molecule has 1 heterocycles. The van der Waals surface area contributed by atoms with Gasteiger partial charge in [-0.15, -0.1) is 0 Å². The van der Waals surface area contributed by atoms with Gasteiger partial charge in [0.05, 0.1) is 25.2 Å². The first-order valence-corrected chi connectivity index (χ1v) is 16.1. The second kappa shape index (κ2) is 13.7. The van der Waals surface area contributed by atoms with Crippen molar-refractivity contribution in [1.82, 2.24) is 5.32 Å². The predicted octanol–water partition coefficient (Wildman–Crippen LogP) is -1.52. The Morgan fingerprint density at radius 1 is 0.970 bits per heavy atom. The molecule has 1 fully saturated rings. The van der Waals surface area contributed by atoms with Crippen molar-refractivity contribution in [2.75, 3.05) is 32.7 Å². The molecule has 33 heavy (non-hydrogen) atoms. The number of aliphatic hydroxyl groups excluding tert-OH is 1. The number of hydrogen-bond donors (Lipinski definition) is 2. The molecule has 0 saturated carbocycles. The average Bonchev–Trinajstić information content (AvgIpc) is 2.93. The van der Waals surface area contributed by atoms with Crippen LogP contribution in [0, 0.1) is 0 Å². The van der Waals surface area contributed by atoms with Crippen LogP contribution in [-0.4, -0.2) is 63.9 Å². The van der Waals surface area contributed by atoms with Crippen LogP contribution in [0.15, 0.2) is 0 Å². The molecule has 2 N–H and O–H groups in total. The van der Waals surface area contributed by atoms with Crippen molar-refractivity contribution in [3.05, 3.63) is 0 Å². The highest BCUT2D eigenvalue weighted by atomic mass is 31.3. The fourth-order valence-corrected chi connectivity index (χ4v) is 8.84. The number of phosphoric ester groups is 1. The Balaban J connectivity index is 2.50. The van der Waals surface area contributed by atoms with E-state index < -0.39 is 61.6 Å². The molecule has 0 aromatic carbocycles. The van der Waals surface area contributed by atoms with E-state index in [0.29, 0.717) is 12.8 Å². The van der Waals surface area contributed by atoms with Crippen LogP contribution >= 0.6 is 30.8 Å². The lowest BCUT2D eigenvalue weighted by Gasteiger charge is -2.37. The number of rotatable bonds is 17. The second-order valence-corrected chi connectivity index (χ2v) is 14.3. The van der Waals surface area contributed by atoms with Gasteiger partial charge in [0, 0.05) is 6.00 Å². The van der Waals surface area contributed by atoms with E-state index in [0.717, 1.165) is 19.4 Å². The quantitative estimate of drug-likeness (QED) is 0.118. The molecule has 0 spiro atoms. The van der Waals surface area contributed by atoms with E-state index in [1.807, 2.05) is 0 Å². The van der Waals surface area contributed by atoms with Crippen LogP contribution in [0.5, 0.6) is 0 Å². The highest BCUT2D eigenvalue weighted by Crippen LogP contribution is 2.65. The van der Waals surface area contributed by atoms with Gasteiger partial charge < -0.3 is 52.9 Å². The number of aliphatic hydroxyl groups is 1. The zero-order valence-electron chi connectivity index (χ0n) is 17.7. The van der Waals surface area contributed by atoms with Gasteiger partial charge in [-0.2, -0.15) is 0 Å². The summed E-state index contributed by atoms with van der Waals surface area (Å²) in [6.07, 6.45) is 0.113. The lowest BCUT2D eigenvalue weighted by atomic mass is 9.96. The SMILES string of the molecule is [B][C@H]1CC(O)[C@@H](COP(=O)([O-])OP(=O)([O-])OP(=O)([O-])CP(=O)([O-])OCCCCCCNC)O1. The molecular weight excluding hydrogens is 529 g/mol. The van der Waals surface area contributed by atoms with Crippen molar-refractivity contribution in [2.24, 2.45) is 0 Å². The Morgan fingerprint density at radius 3 is 2.18 bits per heavy atom. The van der Waals surface area contributed by atoms with Crippen LogP contribution in [0.2, 0.25) is 0 Å². The van der Waals surface area contributed by atoms with Gasteiger partial charge in [0.15, 0.2) is 7.60 Å². The van der Waals surface area contributed by atoms with Gasteiger partial charge in [0.2, 0.25) is 0 Å². The molecule has 1 aliphatic heterocycles. The first-order valence-electron chi connectivity index (χ1n) is 9.74. The second-order valence-electron chi connectivity index (χ2n) is 7.08. The summed E-state index contributed by atoms with van der Waals surface area (Å²) in [5, 5.41) is 12.5. The summed E-state index contributed by atoms with van der Waals surface area (Å²) < 4.78 is 67.8. The summed E-state index contributed by atoms with van der Waals surface area (Å²) >= 11 is 0. The maximum Gasteiger partial charge on any atom is 0.279 e. The summed E-state index contributed by atoms with van der Waals surface area (Å²) in [5.74, 6) is -1.85. The largest absolute Gasteiger partial charge is 0.778 e. The molecule has 194 valence electrons. The monoisotopic (exact) mass is 555 g/mol. The summed E-state index contributed by atoms with van der Waals surface area (Å²) in [6, 6.07) is -0.899. The summed E-state index contributed by atoms with van der Waals surface area (Å²) in [5.41, 5.74) is 0. The van der Waals surface area contributed by atoms with Crippen LogP contribution in [0.3, 0.4) is 0 Å². The van der Waals surface area contributed by atoms with E-state index in [1.54, 1.807) is 7.05 Å². The van der Waals surface area contributed by atoms with E-state index in [1.165, 1.54) is 0 Å². The van der Waals surface area contributed by atoms with Gasteiger partial charge in [0.25, 0.3) is 15.6 Å². The molecule has 0 amide bonds. The molecule has 5 unspecified atom stereocenters. The van der Waals surface area contributed by atoms with Crippen molar-refractivity contribution in [2.45, 2.75) is 50.3 Å². The van der Waals surface area contributed by atoms with Crippen LogP contribution in [0.25, 0.3) is 0 Å². The Hall–Kier alpha value is 0.545. The lowest BCUT2D eigenvalue weighted by molar-refractivity contribution is -0.245.